The summed E-state index contributed by atoms with van der Waals surface area (Å²) < 4.78 is 0.606. The van der Waals surface area contributed by atoms with Gasteiger partial charge < -0.3 is 10.8 Å². The fourth-order valence-corrected chi connectivity index (χ4v) is 1.95. The first-order chi connectivity index (χ1) is 6.04. The molecular weight excluding hydrogens is 257 g/mol. The van der Waals surface area contributed by atoms with Crippen molar-refractivity contribution in [1.29, 1.82) is 0 Å². The standard InChI is InChI=1S/C8H7BrClNO2/c9-4-2-1-3-5(10)6(4)7(11)8(12)13/h1-3,7H,11H2,(H,12,13)/t7-/m0/s1. The number of nitrogens with two attached hydrogens (primary N) is 1. The van der Waals surface area contributed by atoms with E-state index in [9.17, 15) is 4.79 Å². The van der Waals surface area contributed by atoms with Gasteiger partial charge in [0, 0.05) is 15.1 Å². The van der Waals surface area contributed by atoms with Crippen LogP contribution in [-0.2, 0) is 4.79 Å². The van der Waals surface area contributed by atoms with E-state index in [0.29, 0.717) is 15.1 Å². The molecule has 0 saturated heterocycles. The van der Waals surface area contributed by atoms with Crippen LogP contribution in [0.15, 0.2) is 22.7 Å². The number of rotatable bonds is 2. The van der Waals surface area contributed by atoms with Crippen LogP contribution in [0, 0.1) is 0 Å². The molecule has 1 atom stereocenters. The molecule has 1 aromatic carbocycles. The van der Waals surface area contributed by atoms with Crippen LogP contribution in [-0.4, -0.2) is 11.1 Å². The third kappa shape index (κ3) is 2.21. The second-order valence-corrected chi connectivity index (χ2v) is 3.71. The van der Waals surface area contributed by atoms with Gasteiger partial charge in [-0.1, -0.05) is 33.6 Å². The van der Waals surface area contributed by atoms with E-state index >= 15 is 0 Å². The zero-order chi connectivity index (χ0) is 10.0. The van der Waals surface area contributed by atoms with Gasteiger partial charge in [0.2, 0.25) is 0 Å². The van der Waals surface area contributed by atoms with Crippen LogP contribution in [0.2, 0.25) is 5.02 Å². The molecule has 1 rings (SSSR count). The highest BCUT2D eigenvalue weighted by Crippen LogP contribution is 2.29. The first-order valence-electron chi connectivity index (χ1n) is 3.46. The van der Waals surface area contributed by atoms with Gasteiger partial charge in [-0.05, 0) is 12.1 Å². The summed E-state index contributed by atoms with van der Waals surface area (Å²) >= 11 is 8.98. The molecule has 0 unspecified atom stereocenters. The van der Waals surface area contributed by atoms with Gasteiger partial charge >= 0.3 is 5.97 Å². The van der Waals surface area contributed by atoms with Crippen molar-refractivity contribution in [3.05, 3.63) is 33.3 Å². The van der Waals surface area contributed by atoms with Gasteiger partial charge in [-0.2, -0.15) is 0 Å². The molecule has 0 aliphatic heterocycles. The number of carboxylic acids is 1. The van der Waals surface area contributed by atoms with Crippen LogP contribution in [0.1, 0.15) is 11.6 Å². The Hall–Kier alpha value is -0.580. The van der Waals surface area contributed by atoms with Crippen molar-refractivity contribution >= 4 is 33.5 Å². The van der Waals surface area contributed by atoms with Gasteiger partial charge in [-0.25, -0.2) is 0 Å². The Morgan fingerprint density at radius 1 is 1.62 bits per heavy atom. The van der Waals surface area contributed by atoms with Gasteiger partial charge in [0.25, 0.3) is 0 Å². The molecule has 0 heterocycles. The van der Waals surface area contributed by atoms with E-state index in [-0.39, 0.29) is 0 Å². The van der Waals surface area contributed by atoms with Crippen LogP contribution in [0.5, 0.6) is 0 Å². The van der Waals surface area contributed by atoms with E-state index in [1.807, 2.05) is 0 Å². The number of hydrogen-bond acceptors (Lipinski definition) is 2. The molecule has 0 aliphatic carbocycles. The molecule has 0 aliphatic rings. The van der Waals surface area contributed by atoms with Gasteiger partial charge in [-0.3, -0.25) is 4.79 Å². The second kappa shape index (κ2) is 4.09. The van der Waals surface area contributed by atoms with Crippen molar-refractivity contribution in [2.75, 3.05) is 0 Å². The quantitative estimate of drug-likeness (QED) is 0.860. The topological polar surface area (TPSA) is 63.3 Å². The second-order valence-electron chi connectivity index (χ2n) is 2.45. The molecule has 0 amide bonds. The maximum absolute atomic E-state index is 10.6. The average Bonchev–Trinajstić information content (AvgIpc) is 2.03. The van der Waals surface area contributed by atoms with Crippen molar-refractivity contribution in [2.45, 2.75) is 6.04 Å². The molecule has 0 spiro atoms. The number of carbonyl (C=O) groups is 1. The Morgan fingerprint density at radius 2 is 2.23 bits per heavy atom. The number of hydrogen-bond donors (Lipinski definition) is 2. The Kier molecular flexibility index (Phi) is 3.30. The lowest BCUT2D eigenvalue weighted by molar-refractivity contribution is -0.138. The van der Waals surface area contributed by atoms with Crippen molar-refractivity contribution in [3.63, 3.8) is 0 Å². The van der Waals surface area contributed by atoms with E-state index in [0.717, 1.165) is 0 Å². The average molecular weight is 265 g/mol. The molecule has 13 heavy (non-hydrogen) atoms. The maximum Gasteiger partial charge on any atom is 0.325 e. The monoisotopic (exact) mass is 263 g/mol. The highest BCUT2D eigenvalue weighted by atomic mass is 79.9. The largest absolute Gasteiger partial charge is 0.480 e. The molecule has 3 N–H and O–H groups in total. The summed E-state index contributed by atoms with van der Waals surface area (Å²) in [6.07, 6.45) is 0. The van der Waals surface area contributed by atoms with Crippen molar-refractivity contribution in [3.8, 4) is 0 Å². The predicted molar refractivity (Wildman–Crippen MR) is 53.7 cm³/mol. The molecule has 1 aromatic rings. The van der Waals surface area contributed by atoms with Crippen LogP contribution in [0.4, 0.5) is 0 Å². The lowest BCUT2D eigenvalue weighted by atomic mass is 10.1. The van der Waals surface area contributed by atoms with Crippen LogP contribution >= 0.6 is 27.5 Å². The minimum absolute atomic E-state index is 0.351. The van der Waals surface area contributed by atoms with Gasteiger partial charge in [0.1, 0.15) is 6.04 Å². The predicted octanol–water partition coefficient (Wildman–Crippen LogP) is 2.19. The molecule has 3 nitrogen and oxygen atoms in total. The molecule has 0 fully saturated rings. The minimum Gasteiger partial charge on any atom is -0.480 e. The van der Waals surface area contributed by atoms with Crippen LogP contribution in [0.3, 0.4) is 0 Å². The summed E-state index contributed by atoms with van der Waals surface area (Å²) in [6.45, 7) is 0. The Morgan fingerprint density at radius 3 is 2.69 bits per heavy atom. The number of aliphatic carboxylic acids is 1. The fourth-order valence-electron chi connectivity index (χ4n) is 0.931. The first kappa shape index (κ1) is 10.5. The first-order valence-corrected chi connectivity index (χ1v) is 4.63. The summed E-state index contributed by atoms with van der Waals surface area (Å²) in [5, 5.41) is 9.03. The molecule has 70 valence electrons. The fraction of sp³-hybridized carbons (Fsp3) is 0.125. The normalized spacial score (nSPS) is 12.5. The van der Waals surface area contributed by atoms with E-state index in [1.165, 1.54) is 0 Å². The molecule has 0 radical (unpaired) electrons. The van der Waals surface area contributed by atoms with Crippen LogP contribution < -0.4 is 5.73 Å². The zero-order valence-corrected chi connectivity index (χ0v) is 8.84. The summed E-state index contributed by atoms with van der Waals surface area (Å²) in [7, 11) is 0. The summed E-state index contributed by atoms with van der Waals surface area (Å²) in [5.74, 6) is -1.10. The summed E-state index contributed by atoms with van der Waals surface area (Å²) in [4.78, 5) is 10.6. The molecule has 0 aromatic heterocycles. The van der Waals surface area contributed by atoms with Crippen molar-refractivity contribution < 1.29 is 9.90 Å². The zero-order valence-electron chi connectivity index (χ0n) is 6.50. The van der Waals surface area contributed by atoms with Crippen molar-refractivity contribution in [2.24, 2.45) is 5.73 Å². The van der Waals surface area contributed by atoms with E-state index in [1.54, 1.807) is 18.2 Å². The highest BCUT2D eigenvalue weighted by molar-refractivity contribution is 9.10. The maximum atomic E-state index is 10.6. The molecule has 5 heteroatoms. The number of halogens is 2. The SMILES string of the molecule is N[C@H](C(=O)O)c1c(Cl)cccc1Br. The Balaban J connectivity index is 3.20. The molecule has 0 bridgehead atoms. The van der Waals surface area contributed by atoms with Gasteiger partial charge in [0.15, 0.2) is 0 Å². The van der Waals surface area contributed by atoms with Crippen molar-refractivity contribution in [1.82, 2.24) is 0 Å². The summed E-state index contributed by atoms with van der Waals surface area (Å²) in [6, 6.07) is 3.92. The lowest BCUT2D eigenvalue weighted by Crippen LogP contribution is -2.21. The lowest BCUT2D eigenvalue weighted by Gasteiger charge is -2.10. The van der Waals surface area contributed by atoms with E-state index in [4.69, 9.17) is 22.4 Å². The van der Waals surface area contributed by atoms with Crippen LogP contribution in [0.25, 0.3) is 0 Å². The number of benzene rings is 1. The summed E-state index contributed by atoms with van der Waals surface area (Å²) in [5.41, 5.74) is 5.83. The van der Waals surface area contributed by atoms with Gasteiger partial charge in [0.05, 0.1) is 0 Å². The smallest absolute Gasteiger partial charge is 0.325 e. The third-order valence-corrected chi connectivity index (χ3v) is 2.60. The number of carboxylic acid groups (broad SMARTS) is 1. The van der Waals surface area contributed by atoms with E-state index < -0.39 is 12.0 Å². The van der Waals surface area contributed by atoms with E-state index in [2.05, 4.69) is 15.9 Å². The third-order valence-electron chi connectivity index (χ3n) is 1.58. The van der Waals surface area contributed by atoms with Gasteiger partial charge in [-0.15, -0.1) is 0 Å². The Labute approximate surface area is 88.6 Å². The molecule has 0 saturated carbocycles. The minimum atomic E-state index is -1.10. The molecular formula is C8H7BrClNO2. The highest BCUT2D eigenvalue weighted by Gasteiger charge is 2.19. The Bertz CT molecular complexity index is 323.